The van der Waals surface area contributed by atoms with E-state index in [0.29, 0.717) is 6.61 Å². The molecule has 0 bridgehead atoms. The summed E-state index contributed by atoms with van der Waals surface area (Å²) in [5.74, 6) is 0. The number of ether oxygens (including phenoxy) is 1. The lowest BCUT2D eigenvalue weighted by Crippen LogP contribution is -2.25. The molecule has 0 rings (SSSR count). The normalized spacial score (nSPS) is 11.3. The largest absolute Gasteiger partial charge is 0.450 e. The number of carbonyl (C=O) groups excluding carboxylic acids is 1. The standard InChI is InChI=1S/C28H55NO2/c1-3-5-7-9-11-12-13-14-15-16-17-18-19-20-22-24-26-29-28(30)31-27-25-23-21-10-8-6-4-2/h14-15H,3-13,16-27H2,1-2H3,(H,29,30)/b15-14-. The van der Waals surface area contributed by atoms with Crippen LogP contribution in [0.3, 0.4) is 0 Å². The van der Waals surface area contributed by atoms with Gasteiger partial charge in [-0.2, -0.15) is 0 Å². The summed E-state index contributed by atoms with van der Waals surface area (Å²) in [6, 6.07) is 0. The SMILES string of the molecule is CCCCCCCC/C=C\CCCCCCCCNC(=O)OCCCCCCCCC. The number of rotatable bonds is 24. The zero-order valence-electron chi connectivity index (χ0n) is 21.2. The van der Waals surface area contributed by atoms with E-state index < -0.39 is 0 Å². The van der Waals surface area contributed by atoms with Crippen molar-refractivity contribution >= 4 is 6.09 Å². The molecule has 0 aliphatic rings. The first-order valence-electron chi connectivity index (χ1n) is 13.9. The Morgan fingerprint density at radius 2 is 1.00 bits per heavy atom. The Bertz CT molecular complexity index is 381. The zero-order chi connectivity index (χ0) is 22.7. The Kier molecular flexibility index (Phi) is 26.2. The number of allylic oxidation sites excluding steroid dienone is 2. The predicted molar refractivity (Wildman–Crippen MR) is 137 cm³/mol. The summed E-state index contributed by atoms with van der Waals surface area (Å²) in [6.45, 7) is 5.83. The molecule has 0 heterocycles. The predicted octanol–water partition coefficient (Wildman–Crippen LogP) is 9.50. The van der Waals surface area contributed by atoms with Crippen molar-refractivity contribution in [3.63, 3.8) is 0 Å². The molecule has 31 heavy (non-hydrogen) atoms. The lowest BCUT2D eigenvalue weighted by Gasteiger charge is -2.07. The van der Waals surface area contributed by atoms with Crippen molar-refractivity contribution in [1.82, 2.24) is 5.32 Å². The molecule has 3 nitrogen and oxygen atoms in total. The van der Waals surface area contributed by atoms with Crippen LogP contribution in [-0.2, 0) is 4.74 Å². The highest BCUT2D eigenvalue weighted by Crippen LogP contribution is 2.10. The minimum Gasteiger partial charge on any atom is -0.450 e. The number of nitrogens with one attached hydrogen (secondary N) is 1. The fourth-order valence-corrected chi connectivity index (χ4v) is 3.84. The van der Waals surface area contributed by atoms with Crippen molar-refractivity contribution < 1.29 is 9.53 Å². The maximum atomic E-state index is 11.6. The van der Waals surface area contributed by atoms with E-state index in [1.54, 1.807) is 0 Å². The van der Waals surface area contributed by atoms with E-state index in [2.05, 4.69) is 31.3 Å². The molecule has 0 aromatic heterocycles. The van der Waals surface area contributed by atoms with Gasteiger partial charge >= 0.3 is 6.09 Å². The van der Waals surface area contributed by atoms with Gasteiger partial charge in [-0.15, -0.1) is 0 Å². The summed E-state index contributed by atoms with van der Waals surface area (Å²) in [5, 5.41) is 2.88. The third-order valence-electron chi connectivity index (χ3n) is 5.94. The van der Waals surface area contributed by atoms with Gasteiger partial charge in [0.15, 0.2) is 0 Å². The van der Waals surface area contributed by atoms with Gasteiger partial charge in [0, 0.05) is 6.54 Å². The van der Waals surface area contributed by atoms with E-state index >= 15 is 0 Å². The molecule has 0 atom stereocenters. The van der Waals surface area contributed by atoms with Gasteiger partial charge in [-0.25, -0.2) is 4.79 Å². The maximum absolute atomic E-state index is 11.6. The van der Waals surface area contributed by atoms with Gasteiger partial charge in [-0.05, 0) is 38.5 Å². The lowest BCUT2D eigenvalue weighted by molar-refractivity contribution is 0.143. The molecule has 0 aromatic carbocycles. The van der Waals surface area contributed by atoms with Crippen LogP contribution in [0, 0.1) is 0 Å². The topological polar surface area (TPSA) is 38.3 Å². The van der Waals surface area contributed by atoms with E-state index in [0.717, 1.165) is 19.4 Å². The molecule has 0 spiro atoms. The van der Waals surface area contributed by atoms with Gasteiger partial charge in [0.25, 0.3) is 0 Å². The average molecular weight is 438 g/mol. The van der Waals surface area contributed by atoms with Crippen LogP contribution in [0.5, 0.6) is 0 Å². The summed E-state index contributed by atoms with van der Waals surface area (Å²) in [5.41, 5.74) is 0. The molecule has 1 N–H and O–H groups in total. The molecular weight excluding hydrogens is 382 g/mol. The number of unbranched alkanes of at least 4 members (excludes halogenated alkanes) is 18. The first kappa shape index (κ1) is 30.0. The van der Waals surface area contributed by atoms with Crippen LogP contribution >= 0.6 is 0 Å². The van der Waals surface area contributed by atoms with Crippen LogP contribution in [-0.4, -0.2) is 19.2 Å². The van der Waals surface area contributed by atoms with Crippen molar-refractivity contribution in [2.45, 2.75) is 149 Å². The van der Waals surface area contributed by atoms with Crippen molar-refractivity contribution in [2.24, 2.45) is 0 Å². The molecule has 0 aliphatic heterocycles. The molecule has 0 saturated carbocycles. The molecule has 0 saturated heterocycles. The second-order valence-corrected chi connectivity index (χ2v) is 9.12. The highest BCUT2D eigenvalue weighted by Gasteiger charge is 2.00. The minimum absolute atomic E-state index is 0.237. The molecule has 0 radical (unpaired) electrons. The van der Waals surface area contributed by atoms with Crippen molar-refractivity contribution in [1.29, 1.82) is 0 Å². The van der Waals surface area contributed by atoms with Gasteiger partial charge in [0.2, 0.25) is 0 Å². The fourth-order valence-electron chi connectivity index (χ4n) is 3.84. The Morgan fingerprint density at radius 1 is 0.581 bits per heavy atom. The molecule has 0 aliphatic carbocycles. The van der Waals surface area contributed by atoms with Crippen LogP contribution in [0.4, 0.5) is 4.79 Å². The second kappa shape index (κ2) is 27.0. The number of hydrogen-bond acceptors (Lipinski definition) is 2. The Morgan fingerprint density at radius 3 is 1.52 bits per heavy atom. The number of hydrogen-bond donors (Lipinski definition) is 1. The van der Waals surface area contributed by atoms with E-state index in [1.807, 2.05) is 0 Å². The fraction of sp³-hybridized carbons (Fsp3) is 0.893. The van der Waals surface area contributed by atoms with Gasteiger partial charge in [0.05, 0.1) is 6.61 Å². The van der Waals surface area contributed by atoms with Gasteiger partial charge in [0.1, 0.15) is 0 Å². The molecule has 0 aromatic rings. The van der Waals surface area contributed by atoms with Gasteiger partial charge < -0.3 is 10.1 Å². The monoisotopic (exact) mass is 437 g/mol. The van der Waals surface area contributed by atoms with Gasteiger partial charge in [-0.1, -0.05) is 122 Å². The molecule has 0 unspecified atom stereocenters. The van der Waals surface area contributed by atoms with Crippen molar-refractivity contribution in [3.8, 4) is 0 Å². The van der Waals surface area contributed by atoms with Gasteiger partial charge in [-0.3, -0.25) is 0 Å². The second-order valence-electron chi connectivity index (χ2n) is 9.12. The van der Waals surface area contributed by atoms with E-state index in [4.69, 9.17) is 4.74 Å². The highest BCUT2D eigenvalue weighted by atomic mass is 16.5. The molecule has 0 fully saturated rings. The van der Waals surface area contributed by atoms with Crippen LogP contribution in [0.2, 0.25) is 0 Å². The van der Waals surface area contributed by atoms with E-state index in [-0.39, 0.29) is 6.09 Å². The molecular formula is C28H55NO2. The quantitative estimate of drug-likeness (QED) is 0.121. The highest BCUT2D eigenvalue weighted by molar-refractivity contribution is 5.66. The smallest absolute Gasteiger partial charge is 0.407 e. The summed E-state index contributed by atoms with van der Waals surface area (Å²) in [4.78, 5) is 11.6. The van der Waals surface area contributed by atoms with Crippen LogP contribution in [0.15, 0.2) is 12.2 Å². The summed E-state index contributed by atoms with van der Waals surface area (Å²) >= 11 is 0. The zero-order valence-corrected chi connectivity index (χ0v) is 21.2. The number of amides is 1. The van der Waals surface area contributed by atoms with E-state index in [9.17, 15) is 4.79 Å². The summed E-state index contributed by atoms with van der Waals surface area (Å²) < 4.78 is 5.24. The summed E-state index contributed by atoms with van der Waals surface area (Å²) in [6.07, 6.45) is 31.6. The van der Waals surface area contributed by atoms with Crippen LogP contribution in [0.25, 0.3) is 0 Å². The molecule has 1 amide bonds. The third kappa shape index (κ3) is 27.0. The molecule has 3 heteroatoms. The number of carbonyl (C=O) groups is 1. The summed E-state index contributed by atoms with van der Waals surface area (Å²) in [7, 11) is 0. The van der Waals surface area contributed by atoms with Crippen LogP contribution < -0.4 is 5.32 Å². The average Bonchev–Trinajstić information content (AvgIpc) is 2.77. The Hall–Kier alpha value is -0.990. The van der Waals surface area contributed by atoms with Crippen LogP contribution in [0.1, 0.15) is 149 Å². The molecule has 184 valence electrons. The Labute approximate surface area is 195 Å². The third-order valence-corrected chi connectivity index (χ3v) is 5.94. The Balaban J connectivity index is 3.18. The van der Waals surface area contributed by atoms with E-state index in [1.165, 1.54) is 122 Å². The lowest BCUT2D eigenvalue weighted by atomic mass is 10.1. The van der Waals surface area contributed by atoms with Crippen molar-refractivity contribution in [2.75, 3.05) is 13.2 Å². The minimum atomic E-state index is -0.237. The maximum Gasteiger partial charge on any atom is 0.407 e. The first-order valence-corrected chi connectivity index (χ1v) is 13.9. The van der Waals surface area contributed by atoms with Crippen molar-refractivity contribution in [3.05, 3.63) is 12.2 Å². The number of alkyl carbamates (subject to hydrolysis) is 1. The first-order chi connectivity index (χ1) is 15.3.